The Labute approximate surface area is 82.4 Å². The highest BCUT2D eigenvalue weighted by Crippen LogP contribution is 2.11. The lowest BCUT2D eigenvalue weighted by Gasteiger charge is -1.99. The van der Waals surface area contributed by atoms with Crippen LogP contribution in [0, 0.1) is 0 Å². The summed E-state index contributed by atoms with van der Waals surface area (Å²) >= 11 is 0. The molecule has 1 aromatic carbocycles. The zero-order valence-electron chi connectivity index (χ0n) is 7.77. The van der Waals surface area contributed by atoms with Crippen LogP contribution in [0.4, 0.5) is 0 Å². The number of aromatic hydroxyl groups is 1. The normalized spacial score (nSPS) is 10.3. The van der Waals surface area contributed by atoms with Crippen molar-refractivity contribution in [3.8, 4) is 5.75 Å². The molecule has 3 nitrogen and oxygen atoms in total. The van der Waals surface area contributed by atoms with Gasteiger partial charge in [-0.2, -0.15) is 0 Å². The number of hydrogen-bond acceptors (Lipinski definition) is 2. The number of imidazole rings is 1. The van der Waals surface area contributed by atoms with Crippen LogP contribution in [0.15, 0.2) is 36.8 Å². The summed E-state index contributed by atoms with van der Waals surface area (Å²) in [6.07, 6.45) is 5.43. The zero-order valence-corrected chi connectivity index (χ0v) is 7.77. The first kappa shape index (κ1) is 8.81. The van der Waals surface area contributed by atoms with E-state index in [2.05, 4.69) is 9.97 Å². The first-order valence-corrected chi connectivity index (χ1v) is 4.60. The predicted octanol–water partition coefficient (Wildman–Crippen LogP) is 1.90. The molecule has 0 aliphatic rings. The molecule has 2 aromatic rings. The van der Waals surface area contributed by atoms with Crippen LogP contribution in [0.3, 0.4) is 0 Å². The second-order valence-electron chi connectivity index (χ2n) is 3.24. The number of hydrogen-bond donors (Lipinski definition) is 2. The number of phenolic OH excluding ortho intramolecular Hbond substituents is 1. The molecule has 0 aliphatic carbocycles. The van der Waals surface area contributed by atoms with Crippen molar-refractivity contribution in [2.75, 3.05) is 0 Å². The Morgan fingerprint density at radius 1 is 1.14 bits per heavy atom. The van der Waals surface area contributed by atoms with Gasteiger partial charge in [0, 0.05) is 11.9 Å². The first-order chi connectivity index (χ1) is 6.84. The number of aryl methyl sites for hydroxylation is 2. The lowest BCUT2D eigenvalue weighted by atomic mass is 10.1. The van der Waals surface area contributed by atoms with Gasteiger partial charge in [-0.25, -0.2) is 4.98 Å². The maximum atomic E-state index is 9.09. The summed E-state index contributed by atoms with van der Waals surface area (Å²) in [6, 6.07) is 7.29. The standard InChI is InChI=1S/C11H12N2O/c14-11-5-2-9(3-6-11)1-4-10-7-12-8-13-10/h2-3,5-8,14H,1,4H2,(H,12,13). The molecule has 3 heteroatoms. The molecule has 2 N–H and O–H groups in total. The van der Waals surface area contributed by atoms with E-state index in [-0.39, 0.29) is 0 Å². The van der Waals surface area contributed by atoms with Crippen molar-refractivity contribution < 1.29 is 5.11 Å². The van der Waals surface area contributed by atoms with Crippen molar-refractivity contribution >= 4 is 0 Å². The monoisotopic (exact) mass is 188 g/mol. The van der Waals surface area contributed by atoms with Crippen LogP contribution in [-0.4, -0.2) is 15.1 Å². The van der Waals surface area contributed by atoms with Crippen molar-refractivity contribution in [1.82, 2.24) is 9.97 Å². The zero-order chi connectivity index (χ0) is 9.80. The molecule has 14 heavy (non-hydrogen) atoms. The summed E-state index contributed by atoms with van der Waals surface area (Å²) in [5.41, 5.74) is 2.36. The molecule has 1 heterocycles. The third-order valence-electron chi connectivity index (χ3n) is 2.17. The van der Waals surface area contributed by atoms with Gasteiger partial charge in [0.2, 0.25) is 0 Å². The van der Waals surface area contributed by atoms with Gasteiger partial charge in [-0.1, -0.05) is 12.1 Å². The van der Waals surface area contributed by atoms with E-state index in [1.165, 1.54) is 5.56 Å². The van der Waals surface area contributed by atoms with Crippen molar-refractivity contribution in [1.29, 1.82) is 0 Å². The van der Waals surface area contributed by atoms with Crippen LogP contribution in [0.2, 0.25) is 0 Å². The number of aromatic nitrogens is 2. The smallest absolute Gasteiger partial charge is 0.115 e. The molecule has 0 spiro atoms. The van der Waals surface area contributed by atoms with E-state index in [9.17, 15) is 0 Å². The van der Waals surface area contributed by atoms with Crippen LogP contribution in [0.5, 0.6) is 5.75 Å². The summed E-state index contributed by atoms with van der Waals surface area (Å²) < 4.78 is 0. The lowest BCUT2D eigenvalue weighted by Crippen LogP contribution is -1.90. The summed E-state index contributed by atoms with van der Waals surface area (Å²) in [5.74, 6) is 0.315. The minimum absolute atomic E-state index is 0.315. The highest BCUT2D eigenvalue weighted by atomic mass is 16.3. The molecule has 0 unspecified atom stereocenters. The number of nitrogens with one attached hydrogen (secondary N) is 1. The molecule has 0 saturated carbocycles. The quantitative estimate of drug-likeness (QED) is 0.772. The molecular weight excluding hydrogens is 176 g/mol. The van der Waals surface area contributed by atoms with Gasteiger partial charge in [0.15, 0.2) is 0 Å². The largest absolute Gasteiger partial charge is 0.508 e. The van der Waals surface area contributed by atoms with Gasteiger partial charge in [0.25, 0.3) is 0 Å². The van der Waals surface area contributed by atoms with Gasteiger partial charge in [0.1, 0.15) is 5.75 Å². The van der Waals surface area contributed by atoms with E-state index >= 15 is 0 Å². The Hall–Kier alpha value is -1.77. The number of H-pyrrole nitrogens is 1. The Kier molecular flexibility index (Phi) is 2.49. The van der Waals surface area contributed by atoms with Gasteiger partial charge >= 0.3 is 0 Å². The third kappa shape index (κ3) is 2.13. The van der Waals surface area contributed by atoms with Crippen molar-refractivity contribution in [2.45, 2.75) is 12.8 Å². The molecule has 0 aliphatic heterocycles. The molecule has 0 bridgehead atoms. The number of phenols is 1. The molecule has 72 valence electrons. The summed E-state index contributed by atoms with van der Waals surface area (Å²) in [6.45, 7) is 0. The predicted molar refractivity (Wildman–Crippen MR) is 54.1 cm³/mol. The van der Waals surface area contributed by atoms with Crippen molar-refractivity contribution in [3.63, 3.8) is 0 Å². The van der Waals surface area contributed by atoms with E-state index in [4.69, 9.17) is 5.11 Å². The third-order valence-corrected chi connectivity index (χ3v) is 2.17. The number of rotatable bonds is 3. The highest BCUT2D eigenvalue weighted by molar-refractivity contribution is 5.26. The second-order valence-corrected chi connectivity index (χ2v) is 3.24. The van der Waals surface area contributed by atoms with E-state index in [1.807, 2.05) is 18.3 Å². The van der Waals surface area contributed by atoms with Crippen LogP contribution >= 0.6 is 0 Å². The fourth-order valence-electron chi connectivity index (χ4n) is 1.36. The highest BCUT2D eigenvalue weighted by Gasteiger charge is 1.96. The minimum Gasteiger partial charge on any atom is -0.508 e. The van der Waals surface area contributed by atoms with Gasteiger partial charge in [-0.15, -0.1) is 0 Å². The molecule has 0 atom stereocenters. The van der Waals surface area contributed by atoms with E-state index in [0.29, 0.717) is 5.75 Å². The Bertz CT molecular complexity index is 378. The lowest BCUT2D eigenvalue weighted by molar-refractivity contribution is 0.475. The maximum absolute atomic E-state index is 9.09. The molecule has 1 aromatic heterocycles. The molecular formula is C11H12N2O. The molecule has 0 fully saturated rings. The Balaban J connectivity index is 1.95. The molecule has 0 amide bonds. The number of benzene rings is 1. The van der Waals surface area contributed by atoms with Crippen LogP contribution < -0.4 is 0 Å². The van der Waals surface area contributed by atoms with Crippen molar-refractivity contribution in [3.05, 3.63) is 48.0 Å². The average molecular weight is 188 g/mol. The van der Waals surface area contributed by atoms with Gasteiger partial charge in [0.05, 0.1) is 6.33 Å². The van der Waals surface area contributed by atoms with Crippen LogP contribution in [0.25, 0.3) is 0 Å². The molecule has 2 rings (SSSR count). The van der Waals surface area contributed by atoms with E-state index < -0.39 is 0 Å². The number of aromatic amines is 1. The summed E-state index contributed by atoms with van der Waals surface area (Å²) in [4.78, 5) is 7.01. The minimum atomic E-state index is 0.315. The van der Waals surface area contributed by atoms with E-state index in [0.717, 1.165) is 18.5 Å². The fourth-order valence-corrected chi connectivity index (χ4v) is 1.36. The first-order valence-electron chi connectivity index (χ1n) is 4.60. The second kappa shape index (κ2) is 3.96. The van der Waals surface area contributed by atoms with Gasteiger partial charge in [-0.05, 0) is 30.5 Å². The summed E-state index contributed by atoms with van der Waals surface area (Å²) in [7, 11) is 0. The van der Waals surface area contributed by atoms with Crippen molar-refractivity contribution in [2.24, 2.45) is 0 Å². The maximum Gasteiger partial charge on any atom is 0.115 e. The topological polar surface area (TPSA) is 48.9 Å². The molecule has 0 saturated heterocycles. The number of nitrogens with zero attached hydrogens (tertiary/aromatic N) is 1. The average Bonchev–Trinajstić information content (AvgIpc) is 2.70. The van der Waals surface area contributed by atoms with Gasteiger partial charge in [-0.3, -0.25) is 0 Å². The summed E-state index contributed by atoms with van der Waals surface area (Å²) in [5, 5.41) is 9.09. The SMILES string of the molecule is Oc1ccc(CCc2cnc[nH]2)cc1. The van der Waals surface area contributed by atoms with E-state index in [1.54, 1.807) is 18.5 Å². The van der Waals surface area contributed by atoms with Crippen LogP contribution in [0.1, 0.15) is 11.3 Å². The van der Waals surface area contributed by atoms with Crippen LogP contribution in [-0.2, 0) is 12.8 Å². The Morgan fingerprint density at radius 3 is 2.57 bits per heavy atom. The fraction of sp³-hybridized carbons (Fsp3) is 0.182. The molecule has 0 radical (unpaired) electrons. The Morgan fingerprint density at radius 2 is 1.93 bits per heavy atom. The van der Waals surface area contributed by atoms with Gasteiger partial charge < -0.3 is 10.1 Å².